The first-order chi connectivity index (χ1) is 45.6. The van der Waals surface area contributed by atoms with E-state index in [9.17, 15) is 81.5 Å². The van der Waals surface area contributed by atoms with Gasteiger partial charge in [0.25, 0.3) is 0 Å². The fourth-order valence-corrected chi connectivity index (χ4v) is 5.63. The van der Waals surface area contributed by atoms with E-state index in [1.807, 2.05) is 27.7 Å². The summed E-state index contributed by atoms with van der Waals surface area (Å²) in [6.45, 7) is 33.8. The molecule has 30 heteroatoms. The van der Waals surface area contributed by atoms with Gasteiger partial charge in [-0.1, -0.05) is 41.5 Å². The van der Waals surface area contributed by atoms with Crippen molar-refractivity contribution in [3.63, 3.8) is 0 Å². The largest absolute Gasteiger partial charge is 0.468 e. The molecule has 0 N–H and O–H groups in total. The number of ether oxygens (including phenoxy) is 13. The maximum atomic E-state index is 11.4. The molecule has 570 valence electrons. The lowest BCUT2D eigenvalue weighted by Crippen LogP contribution is -2.30. The van der Waals surface area contributed by atoms with Crippen molar-refractivity contribution in [3.8, 4) is 0 Å². The van der Waals surface area contributed by atoms with Crippen molar-refractivity contribution in [2.75, 3.05) is 89.4 Å². The predicted octanol–water partition coefficient (Wildman–Crippen LogP) is 6.58. The molecule has 0 fully saturated rings. The minimum absolute atomic E-state index is 0.0301. The first-order valence-corrected chi connectivity index (χ1v) is 32.0. The van der Waals surface area contributed by atoms with E-state index in [-0.39, 0.29) is 85.2 Å². The second-order valence-corrected chi connectivity index (χ2v) is 21.1. The fourth-order valence-electron chi connectivity index (χ4n) is 5.63. The maximum Gasteiger partial charge on any atom is 0.320 e. The highest BCUT2D eigenvalue weighted by Gasteiger charge is 2.28. The summed E-state index contributed by atoms with van der Waals surface area (Å²) in [5, 5.41) is 0. The summed E-state index contributed by atoms with van der Waals surface area (Å²) in [7, 11) is 9.89. The van der Waals surface area contributed by atoms with E-state index < -0.39 is 107 Å². The van der Waals surface area contributed by atoms with Gasteiger partial charge in [0.2, 0.25) is 5.78 Å². The highest BCUT2D eigenvalue weighted by atomic mass is 16.6. The van der Waals surface area contributed by atoms with Crippen LogP contribution in [0.25, 0.3) is 0 Å². The summed E-state index contributed by atoms with van der Waals surface area (Å²) < 4.78 is 62.2. The molecule has 0 aliphatic rings. The van der Waals surface area contributed by atoms with Gasteiger partial charge in [0.05, 0.1) is 71.8 Å². The average molecular weight is 1420 g/mol. The Labute approximate surface area is 579 Å². The first-order valence-electron chi connectivity index (χ1n) is 32.0. The number of ketones is 7. The second-order valence-electron chi connectivity index (χ2n) is 21.1. The Hall–Kier alpha value is -7.57. The van der Waals surface area contributed by atoms with Crippen molar-refractivity contribution in [2.45, 2.75) is 201 Å². The molecule has 0 rings (SSSR count). The summed E-state index contributed by atoms with van der Waals surface area (Å²) in [5.74, 6) is -11.9. The van der Waals surface area contributed by atoms with E-state index >= 15 is 0 Å². The van der Waals surface area contributed by atoms with Crippen molar-refractivity contribution < 1.29 is 143 Å². The highest BCUT2D eigenvalue weighted by Crippen LogP contribution is 2.10. The van der Waals surface area contributed by atoms with E-state index in [2.05, 4.69) is 23.7 Å². The molecule has 0 saturated carbocycles. The summed E-state index contributed by atoms with van der Waals surface area (Å²) in [4.78, 5) is 184. The number of Topliss-reactive ketones (excluding diaryl/α,β-unsaturated/α-hetero) is 7. The van der Waals surface area contributed by atoms with Gasteiger partial charge in [-0.2, -0.15) is 0 Å². The number of methoxy groups -OCH3 is 7. The summed E-state index contributed by atoms with van der Waals surface area (Å²) >= 11 is 0. The lowest BCUT2D eigenvalue weighted by atomic mass is 10.0. The number of carbonyl (C=O) groups is 17. The minimum atomic E-state index is -0.888. The number of esters is 9. The van der Waals surface area contributed by atoms with Gasteiger partial charge in [-0.25, -0.2) is 0 Å². The molecule has 0 bridgehead atoms. The van der Waals surface area contributed by atoms with E-state index in [1.54, 1.807) is 76.7 Å². The maximum absolute atomic E-state index is 11.4. The SMILES string of the molecule is CCC(=O)C(C)C(=O)C=O.CCC(=O)C(C)C(C)=O.CCC(COC(=O)C(C)C(=O)OC)OC.CCC(COC(=O)C(C)C(C)=O)OC.CCC(COC)OC(=O)C(C)C(=O)OC.CCC(COC)OC(=O)C(C)C(C)=O.CCOC(=O)C(C)C(=O)OC.CCOC(=O)C(C)C(C)=O. The smallest absolute Gasteiger partial charge is 0.320 e. The zero-order valence-electron chi connectivity index (χ0n) is 63.2. The van der Waals surface area contributed by atoms with Crippen LogP contribution in [0, 0.1) is 47.3 Å². The molecule has 0 aliphatic carbocycles. The monoisotopic (exact) mass is 1410 g/mol. The molecular weight excluding hydrogens is 1300 g/mol. The molecular formula is C68H118O30. The molecule has 0 aromatic heterocycles. The van der Waals surface area contributed by atoms with Crippen molar-refractivity contribution in [3.05, 3.63) is 0 Å². The fraction of sp³-hybridized carbons (Fsp3) is 0.750. The topological polar surface area (TPSA) is 410 Å². The van der Waals surface area contributed by atoms with E-state index in [0.29, 0.717) is 45.5 Å². The quantitative estimate of drug-likeness (QED) is 0.0208. The highest BCUT2D eigenvalue weighted by molar-refractivity contribution is 6.31. The standard InChI is InChI=1S/2C10H18O5.2C10H18O4.C7H12O4.C7H12O3.C7H10O3.C7H12O2/c1-5-8(13-3)6-15-10(12)7(2)9(11)14-4;1-5-8(6-13-3)15-10(12)7(2)9(11)14-4;1-5-9(13-4)6-14-10(12)7(2)8(3)11;1-5-9(6-13-4)14-10(12)7(2)8(3)11;1-4-11-7(9)5(2)6(8)10-3;1-4-10-7(9)5(2)6(3)8;1-3-6(9)5(2)7(10)4-8;1-4-7(9)5(2)6(3)8/h2*7-8H,5-6H2,1-4H3;2*7,9H,5-6H2,1-4H3;5H,4H2,1-3H3;5H,4H2,1-3H3;4-5H,3H2,1-2H3;5H,4H2,1-3H3. The molecule has 12 unspecified atom stereocenters. The zero-order chi connectivity index (χ0) is 78.6. The van der Waals surface area contributed by atoms with Crippen molar-refractivity contribution >= 4 is 100 Å². The molecule has 0 radical (unpaired) electrons. The van der Waals surface area contributed by atoms with Crippen LogP contribution in [-0.2, 0) is 143 Å². The van der Waals surface area contributed by atoms with E-state index in [0.717, 1.165) is 12.8 Å². The Morgan fingerprint density at radius 2 is 0.541 bits per heavy atom. The van der Waals surface area contributed by atoms with Crippen LogP contribution < -0.4 is 0 Å². The summed E-state index contributed by atoms with van der Waals surface area (Å²) in [6.07, 6.45) is 3.03. The molecule has 30 nitrogen and oxygen atoms in total. The van der Waals surface area contributed by atoms with Crippen LogP contribution in [0.15, 0.2) is 0 Å². The molecule has 98 heavy (non-hydrogen) atoms. The van der Waals surface area contributed by atoms with Gasteiger partial charge >= 0.3 is 53.7 Å². The van der Waals surface area contributed by atoms with Crippen LogP contribution >= 0.6 is 0 Å². The molecule has 0 aromatic carbocycles. The summed E-state index contributed by atoms with van der Waals surface area (Å²) in [5.41, 5.74) is 0. The molecule has 0 heterocycles. The lowest BCUT2D eigenvalue weighted by molar-refractivity contribution is -0.165. The van der Waals surface area contributed by atoms with Crippen LogP contribution in [0.4, 0.5) is 0 Å². The van der Waals surface area contributed by atoms with Crippen LogP contribution in [0.3, 0.4) is 0 Å². The third kappa shape index (κ3) is 55.4. The van der Waals surface area contributed by atoms with E-state index in [1.165, 1.54) is 83.8 Å². The normalized spacial score (nSPS) is 13.5. The Bertz CT molecular complexity index is 2360. The van der Waals surface area contributed by atoms with Gasteiger partial charge in [-0.05, 0) is 123 Å². The molecule has 0 amide bonds. The first kappa shape index (κ1) is 106. The molecule has 0 aliphatic heterocycles. The van der Waals surface area contributed by atoms with E-state index in [4.69, 9.17) is 37.9 Å². The summed E-state index contributed by atoms with van der Waals surface area (Å²) in [6, 6.07) is 0. The van der Waals surface area contributed by atoms with Gasteiger partial charge in [0.1, 0.15) is 77.9 Å². The Balaban J connectivity index is -0.000000158. The van der Waals surface area contributed by atoms with Crippen molar-refractivity contribution in [2.24, 2.45) is 47.3 Å². The van der Waals surface area contributed by atoms with Crippen LogP contribution in [-0.4, -0.2) is 214 Å². The average Bonchev–Trinajstić information content (AvgIpc) is 1.37. The number of carbonyl (C=O) groups excluding carboxylic acids is 17. The Morgan fingerprint density at radius 1 is 0.296 bits per heavy atom. The number of hydrogen-bond acceptors (Lipinski definition) is 30. The van der Waals surface area contributed by atoms with Gasteiger partial charge in [0.15, 0.2) is 24.0 Å². The second kappa shape index (κ2) is 66.7. The number of aldehydes is 1. The molecule has 0 spiro atoms. The van der Waals surface area contributed by atoms with Crippen LogP contribution in [0.1, 0.15) is 177 Å². The van der Waals surface area contributed by atoms with Gasteiger partial charge in [-0.3, -0.25) is 81.5 Å². The Kier molecular flexibility index (Phi) is 72.4. The van der Waals surface area contributed by atoms with Crippen molar-refractivity contribution in [1.82, 2.24) is 0 Å². The Morgan fingerprint density at radius 3 is 0.765 bits per heavy atom. The molecule has 0 saturated heterocycles. The van der Waals surface area contributed by atoms with Gasteiger partial charge in [0, 0.05) is 41.3 Å². The van der Waals surface area contributed by atoms with Gasteiger partial charge in [-0.15, -0.1) is 0 Å². The van der Waals surface area contributed by atoms with Gasteiger partial charge < -0.3 is 61.6 Å². The lowest BCUT2D eigenvalue weighted by Gasteiger charge is -2.17. The zero-order valence-corrected chi connectivity index (χ0v) is 63.2. The van der Waals surface area contributed by atoms with Crippen LogP contribution in [0.2, 0.25) is 0 Å². The predicted molar refractivity (Wildman–Crippen MR) is 355 cm³/mol. The third-order valence-corrected chi connectivity index (χ3v) is 13.6. The number of hydrogen-bond donors (Lipinski definition) is 0. The molecule has 0 aromatic rings. The minimum Gasteiger partial charge on any atom is -0.468 e. The number of rotatable bonds is 37. The van der Waals surface area contributed by atoms with Crippen molar-refractivity contribution in [1.29, 1.82) is 0 Å². The van der Waals surface area contributed by atoms with Crippen LogP contribution in [0.5, 0.6) is 0 Å². The molecule has 12 atom stereocenters. The third-order valence-electron chi connectivity index (χ3n) is 13.6.